The minimum Gasteiger partial charge on any atom is -0.307 e. The minimum absolute atomic E-state index is 0.108. The average Bonchev–Trinajstić information content (AvgIpc) is 2.43. The lowest BCUT2D eigenvalue weighted by molar-refractivity contribution is 0.210. The third-order valence-electron chi connectivity index (χ3n) is 4.88. The lowest BCUT2D eigenvalue weighted by atomic mass is 9.79. The summed E-state index contributed by atoms with van der Waals surface area (Å²) in [6, 6.07) is 6.17. The van der Waals surface area contributed by atoms with Gasteiger partial charge in [-0.2, -0.15) is 0 Å². The molecule has 4 unspecified atom stereocenters. The maximum atomic E-state index is 13.5. The molecule has 1 N–H and O–H groups in total. The summed E-state index contributed by atoms with van der Waals surface area (Å²) in [4.78, 5) is 1.26. The molecule has 3 rings (SSSR count). The van der Waals surface area contributed by atoms with Crippen molar-refractivity contribution in [2.45, 2.75) is 56.5 Å². The molecular weight excluding hydrogens is 269 g/mol. The van der Waals surface area contributed by atoms with Crippen LogP contribution in [0, 0.1) is 17.7 Å². The Morgan fingerprint density at radius 3 is 2.90 bits per heavy atom. The third kappa shape index (κ3) is 3.04. The Morgan fingerprint density at radius 1 is 1.20 bits per heavy atom. The van der Waals surface area contributed by atoms with Crippen molar-refractivity contribution in [3.05, 3.63) is 29.6 Å². The van der Waals surface area contributed by atoms with Crippen LogP contribution in [0.4, 0.5) is 4.39 Å². The first-order valence-corrected chi connectivity index (χ1v) is 8.80. The zero-order chi connectivity index (χ0) is 14.1. The number of nitrogens with one attached hydrogen (secondary N) is 1. The predicted octanol–water partition coefficient (Wildman–Crippen LogP) is 4.78. The normalized spacial score (nSPS) is 33.8. The van der Waals surface area contributed by atoms with Gasteiger partial charge in [0, 0.05) is 17.0 Å². The summed E-state index contributed by atoms with van der Waals surface area (Å²) in [7, 11) is 0. The van der Waals surface area contributed by atoms with E-state index in [2.05, 4.69) is 19.2 Å². The van der Waals surface area contributed by atoms with E-state index in [1.165, 1.54) is 29.7 Å². The Hall–Kier alpha value is -0.540. The van der Waals surface area contributed by atoms with Crippen LogP contribution < -0.4 is 5.32 Å². The third-order valence-corrected chi connectivity index (χ3v) is 6.01. The van der Waals surface area contributed by atoms with Crippen molar-refractivity contribution in [2.24, 2.45) is 11.8 Å². The van der Waals surface area contributed by atoms with Crippen LogP contribution in [0.15, 0.2) is 23.1 Å². The molecule has 3 heteroatoms. The standard InChI is InChI=1S/C17H24FNS/c1-11-3-4-12(2)16(9-11)19-15-7-8-20-17-6-5-13(18)10-14(15)17/h5-6,10-12,15-16,19H,3-4,7-9H2,1-2H3. The number of benzene rings is 1. The summed E-state index contributed by atoms with van der Waals surface area (Å²) in [6.45, 7) is 4.71. The van der Waals surface area contributed by atoms with Crippen LogP contribution in [-0.4, -0.2) is 11.8 Å². The van der Waals surface area contributed by atoms with Crippen molar-refractivity contribution < 1.29 is 4.39 Å². The number of rotatable bonds is 2. The quantitative estimate of drug-likeness (QED) is 0.842. The van der Waals surface area contributed by atoms with Crippen LogP contribution in [0.25, 0.3) is 0 Å². The van der Waals surface area contributed by atoms with Crippen LogP contribution in [0.5, 0.6) is 0 Å². The summed E-state index contributed by atoms with van der Waals surface area (Å²) < 4.78 is 13.5. The molecule has 20 heavy (non-hydrogen) atoms. The van der Waals surface area contributed by atoms with Gasteiger partial charge in [0.25, 0.3) is 0 Å². The Kier molecular flexibility index (Phi) is 4.37. The van der Waals surface area contributed by atoms with Gasteiger partial charge in [0.2, 0.25) is 0 Å². The highest BCUT2D eigenvalue weighted by atomic mass is 32.2. The summed E-state index contributed by atoms with van der Waals surface area (Å²) in [6.07, 6.45) is 5.04. The zero-order valence-corrected chi connectivity index (χ0v) is 13.2. The van der Waals surface area contributed by atoms with Crippen molar-refractivity contribution in [3.63, 3.8) is 0 Å². The molecule has 1 heterocycles. The van der Waals surface area contributed by atoms with Gasteiger partial charge < -0.3 is 5.32 Å². The molecule has 1 aromatic rings. The summed E-state index contributed by atoms with van der Waals surface area (Å²) in [5.74, 6) is 2.57. The maximum Gasteiger partial charge on any atom is 0.123 e. The Morgan fingerprint density at radius 2 is 2.05 bits per heavy atom. The van der Waals surface area contributed by atoms with Gasteiger partial charge >= 0.3 is 0 Å². The molecule has 1 aliphatic heterocycles. The number of fused-ring (bicyclic) bond motifs is 1. The second kappa shape index (κ2) is 6.07. The summed E-state index contributed by atoms with van der Waals surface area (Å²) in [5.41, 5.74) is 1.17. The van der Waals surface area contributed by atoms with Crippen LogP contribution in [0.2, 0.25) is 0 Å². The highest BCUT2D eigenvalue weighted by Gasteiger charge is 2.29. The van der Waals surface area contributed by atoms with Crippen LogP contribution in [0.3, 0.4) is 0 Å². The lowest BCUT2D eigenvalue weighted by Crippen LogP contribution is -2.42. The van der Waals surface area contributed by atoms with Gasteiger partial charge in [-0.3, -0.25) is 0 Å². The summed E-state index contributed by atoms with van der Waals surface area (Å²) in [5, 5.41) is 3.84. The molecule has 1 saturated carbocycles. The summed E-state index contributed by atoms with van der Waals surface area (Å²) >= 11 is 1.86. The Bertz CT molecular complexity index is 476. The highest BCUT2D eigenvalue weighted by Crippen LogP contribution is 2.38. The molecule has 0 aromatic heterocycles. The maximum absolute atomic E-state index is 13.5. The van der Waals surface area contributed by atoms with Crippen molar-refractivity contribution in [1.82, 2.24) is 5.32 Å². The molecule has 0 saturated heterocycles. The Balaban J connectivity index is 1.77. The van der Waals surface area contributed by atoms with Crippen LogP contribution in [0.1, 0.15) is 51.1 Å². The average molecular weight is 293 g/mol. The molecule has 1 aliphatic carbocycles. The SMILES string of the molecule is CC1CCC(C)C(NC2CCSc3ccc(F)cc32)C1. The van der Waals surface area contributed by atoms with E-state index in [9.17, 15) is 4.39 Å². The lowest BCUT2D eigenvalue weighted by Gasteiger charge is -2.37. The molecule has 1 fully saturated rings. The molecular formula is C17H24FNS. The molecule has 0 radical (unpaired) electrons. The van der Waals surface area contributed by atoms with Gasteiger partial charge in [-0.05, 0) is 60.6 Å². The fraction of sp³-hybridized carbons (Fsp3) is 0.647. The predicted molar refractivity (Wildman–Crippen MR) is 83.6 cm³/mol. The molecule has 1 nitrogen and oxygen atoms in total. The van der Waals surface area contributed by atoms with E-state index in [0.717, 1.165) is 24.0 Å². The molecule has 4 atom stereocenters. The highest BCUT2D eigenvalue weighted by molar-refractivity contribution is 7.99. The largest absolute Gasteiger partial charge is 0.307 e. The van der Waals surface area contributed by atoms with E-state index in [1.54, 1.807) is 12.1 Å². The Labute approximate surface area is 125 Å². The number of thioether (sulfide) groups is 1. The molecule has 0 spiro atoms. The van der Waals surface area contributed by atoms with Gasteiger partial charge in [-0.25, -0.2) is 4.39 Å². The number of halogens is 1. The fourth-order valence-corrected chi connectivity index (χ4v) is 4.67. The van der Waals surface area contributed by atoms with Gasteiger partial charge in [0.1, 0.15) is 5.82 Å². The second-order valence-corrected chi connectivity index (χ2v) is 7.68. The number of hydrogen-bond donors (Lipinski definition) is 1. The molecule has 1 aromatic carbocycles. The van der Waals surface area contributed by atoms with Crippen LogP contribution >= 0.6 is 11.8 Å². The van der Waals surface area contributed by atoms with Gasteiger partial charge in [-0.1, -0.05) is 20.3 Å². The fourth-order valence-electron chi connectivity index (χ4n) is 3.56. The molecule has 0 amide bonds. The minimum atomic E-state index is -0.108. The first-order chi connectivity index (χ1) is 9.63. The molecule has 2 aliphatic rings. The topological polar surface area (TPSA) is 12.0 Å². The smallest absolute Gasteiger partial charge is 0.123 e. The van der Waals surface area contributed by atoms with Crippen LogP contribution in [-0.2, 0) is 0 Å². The second-order valence-electron chi connectivity index (χ2n) is 6.54. The van der Waals surface area contributed by atoms with Crippen molar-refractivity contribution in [2.75, 3.05) is 5.75 Å². The number of hydrogen-bond acceptors (Lipinski definition) is 2. The zero-order valence-electron chi connectivity index (χ0n) is 12.4. The monoisotopic (exact) mass is 293 g/mol. The van der Waals surface area contributed by atoms with Gasteiger partial charge in [-0.15, -0.1) is 11.8 Å². The van der Waals surface area contributed by atoms with E-state index in [-0.39, 0.29) is 5.82 Å². The van der Waals surface area contributed by atoms with Crippen molar-refractivity contribution in [3.8, 4) is 0 Å². The van der Waals surface area contributed by atoms with E-state index < -0.39 is 0 Å². The first-order valence-electron chi connectivity index (χ1n) is 7.82. The molecule has 110 valence electrons. The van der Waals surface area contributed by atoms with E-state index in [1.807, 2.05) is 17.8 Å². The van der Waals surface area contributed by atoms with Gasteiger partial charge in [0.15, 0.2) is 0 Å². The molecule has 0 bridgehead atoms. The van der Waals surface area contributed by atoms with E-state index in [4.69, 9.17) is 0 Å². The van der Waals surface area contributed by atoms with E-state index >= 15 is 0 Å². The van der Waals surface area contributed by atoms with Gasteiger partial charge in [0.05, 0.1) is 0 Å². The first kappa shape index (κ1) is 14.4. The van der Waals surface area contributed by atoms with Crippen molar-refractivity contribution in [1.29, 1.82) is 0 Å². The van der Waals surface area contributed by atoms with Crippen molar-refractivity contribution >= 4 is 11.8 Å². The van der Waals surface area contributed by atoms with E-state index in [0.29, 0.717) is 12.1 Å².